The first kappa shape index (κ1) is 18.1. The van der Waals surface area contributed by atoms with Crippen molar-refractivity contribution in [2.24, 2.45) is 0 Å². The number of amides is 4. The summed E-state index contributed by atoms with van der Waals surface area (Å²) >= 11 is 0. The average molecular weight is 362 g/mol. The zero-order valence-corrected chi connectivity index (χ0v) is 14.9. The Morgan fingerprint density at radius 2 is 1.85 bits per heavy atom. The lowest BCUT2D eigenvalue weighted by Gasteiger charge is -2.22. The Bertz CT molecular complexity index is 962. The maximum Gasteiger partial charge on any atom is 0.325 e. The van der Waals surface area contributed by atoms with Gasteiger partial charge in [-0.3, -0.25) is 14.5 Å². The number of urea groups is 1. The lowest BCUT2D eigenvalue weighted by atomic mass is 9.91. The van der Waals surface area contributed by atoms with Gasteiger partial charge in [0.25, 0.3) is 5.91 Å². The lowest BCUT2D eigenvalue weighted by Crippen LogP contribution is -2.42. The highest BCUT2D eigenvalue weighted by atomic mass is 16.2. The molecule has 0 radical (unpaired) electrons. The first-order chi connectivity index (χ1) is 12.8. The number of anilines is 1. The molecule has 7 heteroatoms. The second-order valence-electron chi connectivity index (χ2n) is 6.50. The van der Waals surface area contributed by atoms with Gasteiger partial charge in [-0.25, -0.2) is 4.79 Å². The fraction of sp³-hybridized carbons (Fsp3) is 0.200. The molecule has 136 valence electrons. The molecule has 1 saturated heterocycles. The molecule has 27 heavy (non-hydrogen) atoms. The van der Waals surface area contributed by atoms with Crippen LogP contribution in [0.5, 0.6) is 0 Å². The summed E-state index contributed by atoms with van der Waals surface area (Å²) in [5.41, 5.74) is 1.22. The zero-order chi connectivity index (χ0) is 19.6. The predicted molar refractivity (Wildman–Crippen MR) is 98.6 cm³/mol. The van der Waals surface area contributed by atoms with Gasteiger partial charge in [0, 0.05) is 5.69 Å². The van der Waals surface area contributed by atoms with Gasteiger partial charge in [-0.15, -0.1) is 0 Å². The fourth-order valence-corrected chi connectivity index (χ4v) is 2.96. The molecule has 1 unspecified atom stereocenters. The molecule has 1 aliphatic heterocycles. The van der Waals surface area contributed by atoms with Crippen LogP contribution in [0.1, 0.15) is 23.6 Å². The van der Waals surface area contributed by atoms with Crippen molar-refractivity contribution in [3.05, 3.63) is 65.2 Å². The summed E-state index contributed by atoms with van der Waals surface area (Å²) in [7, 11) is 0. The van der Waals surface area contributed by atoms with E-state index in [4.69, 9.17) is 5.26 Å². The van der Waals surface area contributed by atoms with E-state index < -0.39 is 23.4 Å². The monoisotopic (exact) mass is 362 g/mol. The number of rotatable bonds is 4. The molecule has 2 N–H and O–H groups in total. The summed E-state index contributed by atoms with van der Waals surface area (Å²) in [4.78, 5) is 38.4. The number of carbonyl (C=O) groups is 3. The molecule has 2 aromatic rings. The Balaban J connectivity index is 1.76. The first-order valence-corrected chi connectivity index (χ1v) is 8.35. The van der Waals surface area contributed by atoms with Crippen LogP contribution < -0.4 is 10.6 Å². The van der Waals surface area contributed by atoms with E-state index in [2.05, 4.69) is 10.6 Å². The van der Waals surface area contributed by atoms with E-state index in [0.717, 1.165) is 10.5 Å². The van der Waals surface area contributed by atoms with Crippen LogP contribution in [0.3, 0.4) is 0 Å². The van der Waals surface area contributed by atoms with Crippen molar-refractivity contribution >= 4 is 23.5 Å². The molecule has 0 spiro atoms. The molecule has 0 saturated carbocycles. The number of carbonyl (C=O) groups excluding carboxylic acids is 3. The Hall–Kier alpha value is -3.66. The number of aryl methyl sites for hydroxylation is 1. The van der Waals surface area contributed by atoms with E-state index in [-0.39, 0.29) is 6.54 Å². The molecule has 0 bridgehead atoms. The smallest absolute Gasteiger partial charge is 0.324 e. The molecule has 0 aliphatic carbocycles. The van der Waals surface area contributed by atoms with E-state index in [0.29, 0.717) is 16.8 Å². The topological polar surface area (TPSA) is 102 Å². The SMILES string of the molecule is Cc1ccccc1NC(=O)CN1C(=O)NC(C)(c2ccc(C#N)cc2)C1=O. The van der Waals surface area contributed by atoms with Gasteiger partial charge in [0.1, 0.15) is 12.1 Å². The van der Waals surface area contributed by atoms with E-state index in [1.807, 2.05) is 25.1 Å². The molecule has 1 atom stereocenters. The summed E-state index contributed by atoms with van der Waals surface area (Å²) in [6, 6.07) is 15.0. The number of benzene rings is 2. The van der Waals surface area contributed by atoms with Crippen LogP contribution in [0.25, 0.3) is 0 Å². The second kappa shape index (κ2) is 6.92. The molecule has 1 heterocycles. The number of nitrogens with zero attached hydrogens (tertiary/aromatic N) is 2. The van der Waals surface area contributed by atoms with Crippen LogP contribution in [0.4, 0.5) is 10.5 Å². The third-order valence-electron chi connectivity index (χ3n) is 4.59. The van der Waals surface area contributed by atoms with Gasteiger partial charge < -0.3 is 10.6 Å². The minimum Gasteiger partial charge on any atom is -0.324 e. The maximum atomic E-state index is 12.8. The molecule has 2 aromatic carbocycles. The van der Waals surface area contributed by atoms with Gasteiger partial charge in [0.2, 0.25) is 5.91 Å². The molecule has 4 amide bonds. The summed E-state index contributed by atoms with van der Waals surface area (Å²) in [6.45, 7) is 3.05. The molecular weight excluding hydrogens is 344 g/mol. The normalized spacial score (nSPS) is 18.8. The van der Waals surface area contributed by atoms with E-state index in [9.17, 15) is 14.4 Å². The lowest BCUT2D eigenvalue weighted by molar-refractivity contribution is -0.133. The van der Waals surface area contributed by atoms with Gasteiger partial charge in [0.15, 0.2) is 0 Å². The number of hydrogen-bond donors (Lipinski definition) is 2. The predicted octanol–water partition coefficient (Wildman–Crippen LogP) is 2.27. The largest absolute Gasteiger partial charge is 0.325 e. The van der Waals surface area contributed by atoms with Crippen LogP contribution >= 0.6 is 0 Å². The Labute approximate surface area is 156 Å². The quantitative estimate of drug-likeness (QED) is 0.815. The molecular formula is C20H18N4O3. The van der Waals surface area contributed by atoms with Crippen LogP contribution in [-0.4, -0.2) is 29.3 Å². The van der Waals surface area contributed by atoms with Crippen molar-refractivity contribution in [1.82, 2.24) is 10.2 Å². The third-order valence-corrected chi connectivity index (χ3v) is 4.59. The average Bonchev–Trinajstić information content (AvgIpc) is 2.88. The zero-order valence-electron chi connectivity index (χ0n) is 14.9. The Morgan fingerprint density at radius 1 is 1.19 bits per heavy atom. The van der Waals surface area contributed by atoms with Gasteiger partial charge in [0.05, 0.1) is 11.6 Å². The van der Waals surface area contributed by atoms with Crippen LogP contribution in [-0.2, 0) is 15.1 Å². The minimum atomic E-state index is -1.28. The second-order valence-corrected chi connectivity index (χ2v) is 6.50. The Morgan fingerprint density at radius 3 is 2.48 bits per heavy atom. The first-order valence-electron chi connectivity index (χ1n) is 8.35. The van der Waals surface area contributed by atoms with E-state index in [1.165, 1.54) is 0 Å². The van der Waals surface area contributed by atoms with Crippen LogP contribution in [0.2, 0.25) is 0 Å². The number of hydrogen-bond acceptors (Lipinski definition) is 4. The molecule has 3 rings (SSSR count). The summed E-state index contributed by atoms with van der Waals surface area (Å²) < 4.78 is 0. The van der Waals surface area contributed by atoms with Gasteiger partial charge in [-0.05, 0) is 43.2 Å². The summed E-state index contributed by atoms with van der Waals surface area (Å²) in [6.07, 6.45) is 0. The summed E-state index contributed by atoms with van der Waals surface area (Å²) in [5.74, 6) is -0.978. The number of para-hydroxylation sites is 1. The highest BCUT2D eigenvalue weighted by Gasteiger charge is 2.49. The fourth-order valence-electron chi connectivity index (χ4n) is 2.96. The van der Waals surface area contributed by atoms with Crippen molar-refractivity contribution in [3.63, 3.8) is 0 Å². The number of imide groups is 1. The molecule has 7 nitrogen and oxygen atoms in total. The van der Waals surface area contributed by atoms with Crippen molar-refractivity contribution in [2.75, 3.05) is 11.9 Å². The maximum absolute atomic E-state index is 12.8. The highest BCUT2D eigenvalue weighted by molar-refractivity contribution is 6.10. The summed E-state index contributed by atoms with van der Waals surface area (Å²) in [5, 5.41) is 14.2. The van der Waals surface area contributed by atoms with Crippen LogP contribution in [0.15, 0.2) is 48.5 Å². The molecule has 0 aromatic heterocycles. The van der Waals surface area contributed by atoms with E-state index >= 15 is 0 Å². The van der Waals surface area contributed by atoms with Gasteiger partial charge >= 0.3 is 6.03 Å². The van der Waals surface area contributed by atoms with Gasteiger partial charge in [-0.1, -0.05) is 30.3 Å². The van der Waals surface area contributed by atoms with Crippen molar-refractivity contribution in [3.8, 4) is 6.07 Å². The van der Waals surface area contributed by atoms with Crippen molar-refractivity contribution in [1.29, 1.82) is 5.26 Å². The number of nitrogens with one attached hydrogen (secondary N) is 2. The molecule has 1 aliphatic rings. The van der Waals surface area contributed by atoms with E-state index in [1.54, 1.807) is 43.3 Å². The van der Waals surface area contributed by atoms with Crippen molar-refractivity contribution in [2.45, 2.75) is 19.4 Å². The minimum absolute atomic E-state index is 0.384. The molecule has 1 fully saturated rings. The van der Waals surface area contributed by atoms with Gasteiger partial charge in [-0.2, -0.15) is 5.26 Å². The highest BCUT2D eigenvalue weighted by Crippen LogP contribution is 2.29. The Kier molecular flexibility index (Phi) is 4.65. The van der Waals surface area contributed by atoms with Crippen LogP contribution in [0, 0.1) is 18.3 Å². The standard InChI is InChI=1S/C20H18N4O3/c1-13-5-3-4-6-16(13)22-17(25)12-24-18(26)20(2,23-19(24)27)15-9-7-14(11-21)8-10-15/h3-10H,12H2,1-2H3,(H,22,25)(H,23,27). The third kappa shape index (κ3) is 3.37. The number of nitriles is 1. The van der Waals surface area contributed by atoms with Crippen molar-refractivity contribution < 1.29 is 14.4 Å².